The average Bonchev–Trinajstić information content (AvgIpc) is 3.12. The molecule has 0 aliphatic carbocycles. The highest BCUT2D eigenvalue weighted by molar-refractivity contribution is 5.88. The molecular weight excluding hydrogens is 628 g/mol. The largest absolute Gasteiger partial charge is 0.493 e. The summed E-state index contributed by atoms with van der Waals surface area (Å²) in [7, 11) is 13.3. The molecule has 13 heteroatoms. The quantitative estimate of drug-likeness (QED) is 0.136. The Hall–Kier alpha value is -5.72. The Balaban J connectivity index is 1.89. The third-order valence-corrected chi connectivity index (χ3v) is 6.89. The van der Waals surface area contributed by atoms with Crippen molar-refractivity contribution < 1.29 is 61.7 Å². The lowest BCUT2D eigenvalue weighted by Crippen LogP contribution is -2.17. The lowest BCUT2D eigenvalue weighted by Gasteiger charge is -2.20. The van der Waals surface area contributed by atoms with Crippen LogP contribution in [0.4, 0.5) is 0 Å². The lowest BCUT2D eigenvalue weighted by atomic mass is 10.1. The third-order valence-electron chi connectivity index (χ3n) is 6.89. The molecule has 0 aliphatic heterocycles. The first kappa shape index (κ1) is 36.7. The number of hydrogen-bond donors (Lipinski definition) is 0. The molecule has 0 spiro atoms. The van der Waals surface area contributed by atoms with Gasteiger partial charge in [-0.05, 0) is 59.7 Å². The van der Waals surface area contributed by atoms with Gasteiger partial charge in [0.15, 0.2) is 40.6 Å². The second-order valence-corrected chi connectivity index (χ2v) is 9.60. The second-order valence-electron chi connectivity index (χ2n) is 9.60. The van der Waals surface area contributed by atoms with Gasteiger partial charge in [0.25, 0.3) is 0 Å². The highest BCUT2D eigenvalue weighted by atomic mass is 16.6. The van der Waals surface area contributed by atoms with Gasteiger partial charge in [0.1, 0.15) is 6.61 Å². The minimum absolute atomic E-state index is 0.314. The van der Waals surface area contributed by atoms with E-state index < -0.39 is 18.0 Å². The van der Waals surface area contributed by atoms with Crippen molar-refractivity contribution >= 4 is 24.1 Å². The molecule has 1 atom stereocenters. The molecule has 48 heavy (non-hydrogen) atoms. The zero-order valence-corrected chi connectivity index (χ0v) is 28.4. The summed E-state index contributed by atoms with van der Waals surface area (Å²) in [5.74, 6) is 2.00. The monoisotopic (exact) mass is 668 g/mol. The summed E-state index contributed by atoms with van der Waals surface area (Å²) in [6.07, 6.45) is 4.41. The normalized spacial score (nSPS) is 11.4. The molecule has 0 radical (unpaired) electrons. The molecule has 3 aromatic carbocycles. The maximum absolute atomic E-state index is 13.1. The van der Waals surface area contributed by atoms with Gasteiger partial charge in [-0.25, -0.2) is 9.59 Å². The van der Waals surface area contributed by atoms with E-state index in [0.717, 1.165) is 0 Å². The van der Waals surface area contributed by atoms with Gasteiger partial charge in [0, 0.05) is 17.7 Å². The van der Waals surface area contributed by atoms with Gasteiger partial charge in [-0.15, -0.1) is 0 Å². The number of methoxy groups -OCH3 is 9. The standard InChI is InChI=1S/C35H40O13/c1-38-24-14-21(15-25(39-2)33(24)44-7)10-12-31(36)47-20-30(23-18-28(42-5)35(46-9)29(19-23)43-6)48-32(37)13-11-22-16-26(40-3)34(45-8)27(17-22)41-4/h10-19,30H,20H2,1-9H3/b12-10+,13-11+/t30-/m1/s1. The van der Waals surface area contributed by atoms with Crippen molar-refractivity contribution in [1.82, 2.24) is 0 Å². The summed E-state index contributed by atoms with van der Waals surface area (Å²) < 4.78 is 59.9. The van der Waals surface area contributed by atoms with Crippen molar-refractivity contribution in [2.24, 2.45) is 0 Å². The lowest BCUT2D eigenvalue weighted by molar-refractivity contribution is -0.153. The molecule has 0 saturated carbocycles. The fraction of sp³-hybridized carbons (Fsp3) is 0.314. The number of carbonyl (C=O) groups excluding carboxylic acids is 2. The molecule has 0 heterocycles. The molecule has 0 saturated heterocycles. The molecule has 0 amide bonds. The molecular formula is C35H40O13. The van der Waals surface area contributed by atoms with Crippen LogP contribution in [0.5, 0.6) is 51.7 Å². The third kappa shape index (κ3) is 8.96. The molecule has 3 rings (SSSR count). The number of benzene rings is 3. The Morgan fingerprint density at radius 3 is 1.17 bits per heavy atom. The Kier molecular flexibility index (Phi) is 13.7. The number of esters is 2. The summed E-state index contributed by atoms with van der Waals surface area (Å²) in [5, 5.41) is 0. The maximum atomic E-state index is 13.1. The average molecular weight is 669 g/mol. The number of hydrogen-bond acceptors (Lipinski definition) is 13. The molecule has 3 aromatic rings. The Morgan fingerprint density at radius 2 is 0.833 bits per heavy atom. The van der Waals surface area contributed by atoms with E-state index >= 15 is 0 Å². The minimum atomic E-state index is -1.07. The van der Waals surface area contributed by atoms with Crippen LogP contribution >= 0.6 is 0 Å². The molecule has 0 N–H and O–H groups in total. The SMILES string of the molecule is COc1cc(/C=C/C(=O)OC[C@@H](OC(=O)/C=C/c2cc(OC)c(OC)c(OC)c2)c2cc(OC)c(OC)c(OC)c2)cc(OC)c1OC. The summed E-state index contributed by atoms with van der Waals surface area (Å²) in [5.41, 5.74) is 1.58. The molecule has 0 aromatic heterocycles. The number of ether oxygens (including phenoxy) is 11. The van der Waals surface area contributed by atoms with Gasteiger partial charge in [0.05, 0.1) is 64.0 Å². The first-order valence-corrected chi connectivity index (χ1v) is 14.3. The van der Waals surface area contributed by atoms with Gasteiger partial charge >= 0.3 is 11.9 Å². The maximum Gasteiger partial charge on any atom is 0.331 e. The van der Waals surface area contributed by atoms with E-state index in [2.05, 4.69) is 0 Å². The van der Waals surface area contributed by atoms with Crippen molar-refractivity contribution in [1.29, 1.82) is 0 Å². The van der Waals surface area contributed by atoms with E-state index in [1.54, 1.807) is 36.4 Å². The zero-order valence-electron chi connectivity index (χ0n) is 28.4. The molecule has 0 aliphatic rings. The molecule has 258 valence electrons. The summed E-state index contributed by atoms with van der Waals surface area (Å²) in [4.78, 5) is 26.0. The van der Waals surface area contributed by atoms with E-state index in [4.69, 9.17) is 52.1 Å². The van der Waals surface area contributed by atoms with Gasteiger partial charge in [-0.2, -0.15) is 0 Å². The van der Waals surface area contributed by atoms with E-state index in [0.29, 0.717) is 68.4 Å². The van der Waals surface area contributed by atoms with Crippen molar-refractivity contribution in [3.8, 4) is 51.7 Å². The summed E-state index contributed by atoms with van der Waals surface area (Å²) in [6, 6.07) is 9.88. The van der Waals surface area contributed by atoms with E-state index in [9.17, 15) is 9.59 Å². The summed E-state index contributed by atoms with van der Waals surface area (Å²) >= 11 is 0. The first-order valence-electron chi connectivity index (χ1n) is 14.3. The highest BCUT2D eigenvalue weighted by Crippen LogP contribution is 2.41. The van der Waals surface area contributed by atoms with Crippen LogP contribution in [0, 0.1) is 0 Å². The molecule has 0 unspecified atom stereocenters. The van der Waals surface area contributed by atoms with Gasteiger partial charge in [-0.1, -0.05) is 0 Å². The van der Waals surface area contributed by atoms with Gasteiger partial charge in [0.2, 0.25) is 17.2 Å². The Bertz CT molecular complexity index is 1550. The minimum Gasteiger partial charge on any atom is -0.493 e. The van der Waals surface area contributed by atoms with Crippen LogP contribution in [0.15, 0.2) is 48.6 Å². The smallest absolute Gasteiger partial charge is 0.331 e. The van der Waals surface area contributed by atoms with Crippen LogP contribution < -0.4 is 42.6 Å². The van der Waals surface area contributed by atoms with E-state index in [1.807, 2.05) is 0 Å². The Labute approximate surface area is 279 Å². The predicted octanol–water partition coefficient (Wildman–Crippen LogP) is 5.32. The molecule has 13 nitrogen and oxygen atoms in total. The Morgan fingerprint density at radius 1 is 0.500 bits per heavy atom. The zero-order chi connectivity index (χ0) is 35.2. The van der Waals surface area contributed by atoms with Crippen molar-refractivity contribution in [3.63, 3.8) is 0 Å². The first-order chi connectivity index (χ1) is 23.2. The number of rotatable bonds is 17. The van der Waals surface area contributed by atoms with Crippen molar-refractivity contribution in [2.45, 2.75) is 6.10 Å². The van der Waals surface area contributed by atoms with Gasteiger partial charge < -0.3 is 52.1 Å². The van der Waals surface area contributed by atoms with Crippen molar-refractivity contribution in [2.75, 3.05) is 70.6 Å². The van der Waals surface area contributed by atoms with Crippen LogP contribution in [0.2, 0.25) is 0 Å². The molecule has 0 bridgehead atoms. The van der Waals surface area contributed by atoms with Gasteiger partial charge in [-0.3, -0.25) is 0 Å². The van der Waals surface area contributed by atoms with Crippen molar-refractivity contribution in [3.05, 3.63) is 65.2 Å². The predicted molar refractivity (Wildman–Crippen MR) is 176 cm³/mol. The van der Waals surface area contributed by atoms with Crippen LogP contribution in [-0.2, 0) is 19.1 Å². The van der Waals surface area contributed by atoms with Crippen LogP contribution in [0.3, 0.4) is 0 Å². The van der Waals surface area contributed by atoms with E-state index in [-0.39, 0.29) is 6.61 Å². The van der Waals surface area contributed by atoms with E-state index in [1.165, 1.54) is 88.3 Å². The second kappa shape index (κ2) is 17.8. The van der Waals surface area contributed by atoms with Crippen LogP contribution in [0.25, 0.3) is 12.2 Å². The van der Waals surface area contributed by atoms with Crippen LogP contribution in [-0.4, -0.2) is 82.5 Å². The fourth-order valence-corrected chi connectivity index (χ4v) is 4.59. The fourth-order valence-electron chi connectivity index (χ4n) is 4.59. The highest BCUT2D eigenvalue weighted by Gasteiger charge is 2.23. The number of carbonyl (C=O) groups is 2. The van der Waals surface area contributed by atoms with Crippen LogP contribution in [0.1, 0.15) is 22.8 Å². The molecule has 0 fully saturated rings. The summed E-state index contributed by atoms with van der Waals surface area (Å²) in [6.45, 7) is -0.346. The topological polar surface area (TPSA) is 136 Å².